The summed E-state index contributed by atoms with van der Waals surface area (Å²) in [5, 5.41) is 2.58. The molecule has 22 heavy (non-hydrogen) atoms. The number of para-hydroxylation sites is 1. The normalized spacial score (nSPS) is 15.6. The number of rotatable bonds is 2. The molecule has 1 N–H and O–H groups in total. The second-order valence-corrected chi connectivity index (χ2v) is 5.87. The van der Waals surface area contributed by atoms with Gasteiger partial charge >= 0.3 is 0 Å². The smallest absolute Gasteiger partial charge is 0.272 e. The van der Waals surface area contributed by atoms with Crippen molar-refractivity contribution in [2.45, 2.75) is 31.6 Å². The van der Waals surface area contributed by atoms with Crippen LogP contribution in [0, 0.1) is 0 Å². The zero-order chi connectivity index (χ0) is 15.1. The number of hydrogen-bond acceptors (Lipinski definition) is 2. The predicted octanol–water partition coefficient (Wildman–Crippen LogP) is 2.44. The first-order chi connectivity index (χ1) is 10.7. The molecule has 0 spiro atoms. The second-order valence-electron chi connectivity index (χ2n) is 5.87. The highest BCUT2D eigenvalue weighted by Crippen LogP contribution is 2.35. The zero-order valence-corrected chi connectivity index (χ0v) is 12.2. The van der Waals surface area contributed by atoms with Crippen LogP contribution >= 0.6 is 0 Å². The van der Waals surface area contributed by atoms with Crippen LogP contribution in [0.15, 0.2) is 52.1 Å². The van der Waals surface area contributed by atoms with Gasteiger partial charge in [0.25, 0.3) is 11.1 Å². The molecule has 0 saturated heterocycles. The van der Waals surface area contributed by atoms with Crippen molar-refractivity contribution in [1.29, 1.82) is 0 Å². The van der Waals surface area contributed by atoms with E-state index in [2.05, 4.69) is 5.10 Å². The molecule has 5 nitrogen and oxygen atoms in total. The molecule has 1 fully saturated rings. The number of hydrogen-bond donors (Lipinski definition) is 1. The number of aromatic nitrogens is 3. The fourth-order valence-corrected chi connectivity index (χ4v) is 3.48. The van der Waals surface area contributed by atoms with Crippen molar-refractivity contribution in [3.05, 3.63) is 68.9 Å². The lowest BCUT2D eigenvalue weighted by Gasteiger charge is -2.19. The summed E-state index contributed by atoms with van der Waals surface area (Å²) in [5.74, 6) is 0.378. The van der Waals surface area contributed by atoms with Gasteiger partial charge in [-0.2, -0.15) is 4.52 Å². The molecule has 0 atom stereocenters. The summed E-state index contributed by atoms with van der Waals surface area (Å²) in [6.07, 6.45) is 4.58. The molecule has 0 bridgehead atoms. The number of fused-ring (bicyclic) bond motifs is 1. The third-order valence-corrected chi connectivity index (χ3v) is 4.48. The molecular weight excluding hydrogens is 278 g/mol. The topological polar surface area (TPSA) is 59.3 Å². The Morgan fingerprint density at radius 2 is 1.73 bits per heavy atom. The Bertz CT molecular complexity index is 928. The minimum Gasteiger partial charge on any atom is -0.298 e. The van der Waals surface area contributed by atoms with Gasteiger partial charge in [0.05, 0.1) is 0 Å². The molecule has 2 aromatic heterocycles. The van der Waals surface area contributed by atoms with Gasteiger partial charge < -0.3 is 0 Å². The molecule has 3 aromatic rings. The van der Waals surface area contributed by atoms with Crippen molar-refractivity contribution < 1.29 is 0 Å². The Morgan fingerprint density at radius 1 is 1.00 bits per heavy atom. The number of H-pyrrole nitrogens is 1. The minimum absolute atomic E-state index is 0.175. The highest BCUT2D eigenvalue weighted by atomic mass is 16.1. The second kappa shape index (κ2) is 5.02. The Morgan fingerprint density at radius 3 is 2.45 bits per heavy atom. The third-order valence-electron chi connectivity index (χ3n) is 4.48. The molecule has 1 aliphatic carbocycles. The largest absolute Gasteiger partial charge is 0.298 e. The van der Waals surface area contributed by atoms with Crippen molar-refractivity contribution in [1.82, 2.24) is 14.2 Å². The Kier molecular flexibility index (Phi) is 2.99. The van der Waals surface area contributed by atoms with Crippen LogP contribution in [0.2, 0.25) is 0 Å². The van der Waals surface area contributed by atoms with Crippen molar-refractivity contribution in [2.24, 2.45) is 0 Å². The Hall–Kier alpha value is -2.56. The summed E-state index contributed by atoms with van der Waals surface area (Å²) >= 11 is 0. The highest BCUT2D eigenvalue weighted by molar-refractivity contribution is 5.50. The van der Waals surface area contributed by atoms with Crippen LogP contribution in [0.1, 0.15) is 37.3 Å². The van der Waals surface area contributed by atoms with E-state index < -0.39 is 0 Å². The molecule has 112 valence electrons. The molecule has 0 amide bonds. The SMILES string of the molecule is O=c1cc2n(-c3ccccc3)c(C3CCCC3)cc(=O)n2[nH]1. The van der Waals surface area contributed by atoms with E-state index in [0.717, 1.165) is 24.2 Å². The number of nitrogens with one attached hydrogen (secondary N) is 1. The van der Waals surface area contributed by atoms with Crippen LogP contribution in [0.25, 0.3) is 11.3 Å². The number of benzene rings is 1. The van der Waals surface area contributed by atoms with Crippen molar-refractivity contribution in [3.63, 3.8) is 0 Å². The van der Waals surface area contributed by atoms with Crippen LogP contribution in [0.5, 0.6) is 0 Å². The average molecular weight is 295 g/mol. The first kappa shape index (κ1) is 13.1. The Labute approximate surface area is 126 Å². The lowest BCUT2D eigenvalue weighted by molar-refractivity contribution is 0.664. The molecule has 0 aliphatic heterocycles. The zero-order valence-electron chi connectivity index (χ0n) is 12.2. The first-order valence-electron chi connectivity index (χ1n) is 7.67. The average Bonchev–Trinajstić information content (AvgIpc) is 3.17. The van der Waals surface area contributed by atoms with Gasteiger partial charge in [0, 0.05) is 23.5 Å². The van der Waals surface area contributed by atoms with Crippen molar-refractivity contribution >= 4 is 5.65 Å². The molecule has 0 unspecified atom stereocenters. The lowest BCUT2D eigenvalue weighted by atomic mass is 10.0. The van der Waals surface area contributed by atoms with E-state index in [1.807, 2.05) is 34.9 Å². The van der Waals surface area contributed by atoms with Crippen LogP contribution < -0.4 is 11.1 Å². The van der Waals surface area contributed by atoms with Gasteiger partial charge in [-0.15, -0.1) is 0 Å². The van der Waals surface area contributed by atoms with E-state index in [0.29, 0.717) is 11.6 Å². The van der Waals surface area contributed by atoms with Crippen molar-refractivity contribution in [3.8, 4) is 5.69 Å². The molecule has 1 aromatic carbocycles. The van der Waals surface area contributed by atoms with Crippen LogP contribution in [0.3, 0.4) is 0 Å². The van der Waals surface area contributed by atoms with Crippen LogP contribution in [-0.2, 0) is 0 Å². The molecule has 2 heterocycles. The van der Waals surface area contributed by atoms with Gasteiger partial charge in [0.2, 0.25) is 0 Å². The van der Waals surface area contributed by atoms with E-state index in [1.165, 1.54) is 23.4 Å². The van der Waals surface area contributed by atoms with E-state index in [1.54, 1.807) is 6.07 Å². The summed E-state index contributed by atoms with van der Waals surface area (Å²) in [6, 6.07) is 13.1. The van der Waals surface area contributed by atoms with Gasteiger partial charge in [0.1, 0.15) is 5.65 Å². The molecular formula is C17H17N3O2. The molecule has 0 radical (unpaired) electrons. The fourth-order valence-electron chi connectivity index (χ4n) is 3.48. The predicted molar refractivity (Wildman–Crippen MR) is 84.8 cm³/mol. The van der Waals surface area contributed by atoms with E-state index in [-0.39, 0.29) is 11.1 Å². The van der Waals surface area contributed by atoms with E-state index in [9.17, 15) is 9.59 Å². The molecule has 4 rings (SSSR count). The number of nitrogens with zero attached hydrogens (tertiary/aromatic N) is 2. The maximum Gasteiger partial charge on any atom is 0.272 e. The standard InChI is InChI=1S/C17H17N3O2/c21-15-11-16-19(13-8-2-1-3-9-13)14(12-6-4-5-7-12)10-17(22)20(16)18-15/h1-3,8-12H,4-7H2,(H,18,21). The lowest BCUT2D eigenvalue weighted by Crippen LogP contribution is -2.22. The third kappa shape index (κ3) is 2.01. The highest BCUT2D eigenvalue weighted by Gasteiger charge is 2.23. The summed E-state index contributed by atoms with van der Waals surface area (Å²) in [7, 11) is 0. The van der Waals surface area contributed by atoms with E-state index in [4.69, 9.17) is 0 Å². The maximum atomic E-state index is 12.3. The van der Waals surface area contributed by atoms with Gasteiger partial charge in [-0.1, -0.05) is 31.0 Å². The summed E-state index contributed by atoms with van der Waals surface area (Å²) < 4.78 is 3.36. The molecule has 5 heteroatoms. The summed E-state index contributed by atoms with van der Waals surface area (Å²) in [5.41, 5.74) is 2.15. The van der Waals surface area contributed by atoms with Gasteiger partial charge in [-0.05, 0) is 30.9 Å². The quantitative estimate of drug-likeness (QED) is 0.789. The summed E-state index contributed by atoms with van der Waals surface area (Å²) in [4.78, 5) is 24.1. The monoisotopic (exact) mass is 295 g/mol. The van der Waals surface area contributed by atoms with Gasteiger partial charge in [0.15, 0.2) is 0 Å². The number of aromatic amines is 1. The van der Waals surface area contributed by atoms with Gasteiger partial charge in [-0.25, -0.2) is 0 Å². The van der Waals surface area contributed by atoms with Gasteiger partial charge in [-0.3, -0.25) is 19.3 Å². The maximum absolute atomic E-state index is 12.3. The fraction of sp³-hybridized carbons (Fsp3) is 0.294. The first-order valence-corrected chi connectivity index (χ1v) is 7.67. The van der Waals surface area contributed by atoms with Crippen molar-refractivity contribution in [2.75, 3.05) is 0 Å². The van der Waals surface area contributed by atoms with Crippen LogP contribution in [0.4, 0.5) is 0 Å². The molecule has 1 aliphatic rings. The Balaban J connectivity index is 2.09. The van der Waals surface area contributed by atoms with Crippen LogP contribution in [-0.4, -0.2) is 14.2 Å². The summed E-state index contributed by atoms with van der Waals surface area (Å²) in [6.45, 7) is 0. The minimum atomic E-state index is -0.259. The molecule has 1 saturated carbocycles. The van der Waals surface area contributed by atoms with E-state index >= 15 is 0 Å².